The van der Waals surface area contributed by atoms with Crippen LogP contribution in [0.15, 0.2) is 9.70 Å². The van der Waals surface area contributed by atoms with Gasteiger partial charge in [-0.1, -0.05) is 36.8 Å². The summed E-state index contributed by atoms with van der Waals surface area (Å²) in [4.78, 5) is 41.0. The minimum Gasteiger partial charge on any atom is -0.481 e. The standard InChI is InChI=1S/C23H28N4O4S2/c1-3-26-20(25-10-6-4-5-7-11-25)16(15(2)17(14-24)21(26)30)13-18-22(31)27(23(32)33-18)12-8-9-19(28)29/h13H,3-12H2,1-2H3,(H,28,29). The van der Waals surface area contributed by atoms with E-state index in [1.807, 2.05) is 13.0 Å². The summed E-state index contributed by atoms with van der Waals surface area (Å²) in [5.74, 6) is -0.444. The first-order valence-corrected chi connectivity index (χ1v) is 12.4. The van der Waals surface area contributed by atoms with E-state index in [-0.39, 0.29) is 30.0 Å². The molecule has 1 amide bonds. The van der Waals surface area contributed by atoms with Crippen LogP contribution in [0, 0.1) is 18.3 Å². The number of aliphatic carboxylic acids is 1. The number of carboxylic acid groups (broad SMARTS) is 1. The fraction of sp³-hybridized carbons (Fsp3) is 0.522. The quantitative estimate of drug-likeness (QED) is 0.459. The molecule has 0 saturated carbocycles. The highest BCUT2D eigenvalue weighted by molar-refractivity contribution is 8.26. The molecule has 0 atom stereocenters. The number of thioether (sulfide) groups is 1. The molecule has 176 valence electrons. The Morgan fingerprint density at radius 3 is 2.48 bits per heavy atom. The third-order valence-corrected chi connectivity index (χ3v) is 7.37. The van der Waals surface area contributed by atoms with E-state index >= 15 is 0 Å². The monoisotopic (exact) mass is 488 g/mol. The van der Waals surface area contributed by atoms with Gasteiger partial charge in [0.2, 0.25) is 0 Å². The zero-order valence-electron chi connectivity index (χ0n) is 18.9. The van der Waals surface area contributed by atoms with Gasteiger partial charge >= 0.3 is 5.97 Å². The molecule has 3 rings (SSSR count). The van der Waals surface area contributed by atoms with Gasteiger partial charge in [-0.25, -0.2) is 0 Å². The molecule has 2 aliphatic rings. The van der Waals surface area contributed by atoms with Crippen LogP contribution in [-0.2, 0) is 16.1 Å². The van der Waals surface area contributed by atoms with Gasteiger partial charge in [-0.2, -0.15) is 5.26 Å². The summed E-state index contributed by atoms with van der Waals surface area (Å²) in [6, 6.07) is 2.05. The molecule has 3 heterocycles. The molecule has 10 heteroatoms. The maximum atomic E-state index is 13.1. The third-order valence-electron chi connectivity index (χ3n) is 5.99. The number of carbonyl (C=O) groups is 2. The van der Waals surface area contributed by atoms with Crippen LogP contribution in [0.1, 0.15) is 62.1 Å². The molecule has 0 unspecified atom stereocenters. The van der Waals surface area contributed by atoms with Gasteiger partial charge in [0.15, 0.2) is 0 Å². The van der Waals surface area contributed by atoms with Gasteiger partial charge in [0.1, 0.15) is 21.8 Å². The highest BCUT2D eigenvalue weighted by atomic mass is 32.2. The van der Waals surface area contributed by atoms with E-state index < -0.39 is 5.97 Å². The van der Waals surface area contributed by atoms with Gasteiger partial charge in [-0.15, -0.1) is 0 Å². The number of hydrogen-bond acceptors (Lipinski definition) is 7. The number of amides is 1. The van der Waals surface area contributed by atoms with E-state index in [1.54, 1.807) is 17.6 Å². The van der Waals surface area contributed by atoms with Crippen molar-refractivity contribution in [3.8, 4) is 6.07 Å². The second-order valence-electron chi connectivity index (χ2n) is 8.13. The molecule has 0 aromatic carbocycles. The van der Waals surface area contributed by atoms with Crippen molar-refractivity contribution in [2.45, 2.75) is 58.9 Å². The maximum Gasteiger partial charge on any atom is 0.303 e. The number of thiocarbonyl (C=S) groups is 1. The average Bonchev–Trinajstić information content (AvgIpc) is 2.95. The lowest BCUT2D eigenvalue weighted by Crippen LogP contribution is -2.35. The van der Waals surface area contributed by atoms with Crippen LogP contribution in [0.25, 0.3) is 6.08 Å². The number of anilines is 1. The van der Waals surface area contributed by atoms with Crippen LogP contribution < -0.4 is 10.5 Å². The lowest BCUT2D eigenvalue weighted by molar-refractivity contribution is -0.137. The first-order valence-electron chi connectivity index (χ1n) is 11.2. The summed E-state index contributed by atoms with van der Waals surface area (Å²) in [5.41, 5.74) is 1.03. The van der Waals surface area contributed by atoms with E-state index in [2.05, 4.69) is 4.90 Å². The predicted molar refractivity (Wildman–Crippen MR) is 133 cm³/mol. The SMILES string of the molecule is CCn1c(N2CCCCCC2)c(C=C2SC(=S)N(CCCC(=O)O)C2=O)c(C)c(C#N)c1=O. The molecule has 2 saturated heterocycles. The highest BCUT2D eigenvalue weighted by Crippen LogP contribution is 2.36. The van der Waals surface area contributed by atoms with Gasteiger partial charge in [-0.3, -0.25) is 23.9 Å². The maximum absolute atomic E-state index is 13.1. The molecular formula is C23H28N4O4S2. The smallest absolute Gasteiger partial charge is 0.303 e. The number of pyridine rings is 1. The molecule has 2 fully saturated rings. The minimum absolute atomic E-state index is 0.0404. The molecular weight excluding hydrogens is 460 g/mol. The molecule has 0 bridgehead atoms. The Bertz CT molecular complexity index is 1100. The molecule has 1 N–H and O–H groups in total. The van der Waals surface area contributed by atoms with E-state index in [0.29, 0.717) is 33.3 Å². The third kappa shape index (κ3) is 5.31. The van der Waals surface area contributed by atoms with Crippen molar-refractivity contribution in [2.24, 2.45) is 0 Å². The van der Waals surface area contributed by atoms with Crippen molar-refractivity contribution < 1.29 is 14.7 Å². The van der Waals surface area contributed by atoms with Crippen LogP contribution in [0.3, 0.4) is 0 Å². The molecule has 8 nitrogen and oxygen atoms in total. The lowest BCUT2D eigenvalue weighted by Gasteiger charge is -2.29. The van der Waals surface area contributed by atoms with E-state index in [0.717, 1.165) is 44.6 Å². The number of hydrogen-bond donors (Lipinski definition) is 1. The zero-order chi connectivity index (χ0) is 24.1. The first-order chi connectivity index (χ1) is 15.8. The number of rotatable bonds is 7. The molecule has 2 aliphatic heterocycles. The molecule has 0 radical (unpaired) electrons. The summed E-state index contributed by atoms with van der Waals surface area (Å²) in [7, 11) is 0. The van der Waals surface area contributed by atoms with Crippen molar-refractivity contribution in [1.82, 2.24) is 9.47 Å². The molecule has 1 aromatic heterocycles. The second-order valence-corrected chi connectivity index (χ2v) is 9.81. The molecule has 0 aliphatic carbocycles. The summed E-state index contributed by atoms with van der Waals surface area (Å²) in [6.07, 6.45) is 6.31. The average molecular weight is 489 g/mol. The topological polar surface area (TPSA) is 107 Å². The van der Waals surface area contributed by atoms with Crippen molar-refractivity contribution in [3.05, 3.63) is 31.9 Å². The van der Waals surface area contributed by atoms with Crippen LogP contribution in [-0.4, -0.2) is 50.4 Å². The van der Waals surface area contributed by atoms with Crippen molar-refractivity contribution in [3.63, 3.8) is 0 Å². The van der Waals surface area contributed by atoms with E-state index in [9.17, 15) is 19.6 Å². The van der Waals surface area contributed by atoms with E-state index in [1.165, 1.54) is 16.7 Å². The van der Waals surface area contributed by atoms with Crippen molar-refractivity contribution in [1.29, 1.82) is 5.26 Å². The van der Waals surface area contributed by atoms with Crippen molar-refractivity contribution >= 4 is 52.1 Å². The molecule has 33 heavy (non-hydrogen) atoms. The zero-order valence-corrected chi connectivity index (χ0v) is 20.6. The first kappa shape index (κ1) is 25.0. The molecule has 0 spiro atoms. The summed E-state index contributed by atoms with van der Waals surface area (Å²) >= 11 is 6.55. The van der Waals surface area contributed by atoms with Gasteiger partial charge in [0.25, 0.3) is 11.5 Å². The van der Waals surface area contributed by atoms with Crippen LogP contribution in [0.5, 0.6) is 0 Å². The van der Waals surface area contributed by atoms with Crippen molar-refractivity contribution in [2.75, 3.05) is 24.5 Å². The molecule has 1 aromatic rings. The Hall–Kier alpha value is -2.64. The number of aromatic nitrogens is 1. The van der Waals surface area contributed by atoms with Gasteiger partial charge in [0.05, 0.1) is 4.91 Å². The number of nitriles is 1. The number of carbonyl (C=O) groups excluding carboxylic acids is 1. The summed E-state index contributed by atoms with van der Waals surface area (Å²) in [6.45, 7) is 5.90. The summed E-state index contributed by atoms with van der Waals surface area (Å²) in [5, 5.41) is 18.6. The van der Waals surface area contributed by atoms with Crippen LogP contribution >= 0.6 is 24.0 Å². The Morgan fingerprint density at radius 2 is 1.91 bits per heavy atom. The summed E-state index contributed by atoms with van der Waals surface area (Å²) < 4.78 is 2.02. The Balaban J connectivity index is 2.09. The Labute approximate surface area is 202 Å². The fourth-order valence-electron chi connectivity index (χ4n) is 4.27. The van der Waals surface area contributed by atoms with Crippen LogP contribution in [0.2, 0.25) is 0 Å². The van der Waals surface area contributed by atoms with Crippen LogP contribution in [0.4, 0.5) is 5.82 Å². The minimum atomic E-state index is -0.917. The predicted octanol–water partition coefficient (Wildman–Crippen LogP) is 3.49. The number of carboxylic acids is 1. The fourth-order valence-corrected chi connectivity index (χ4v) is 5.56. The largest absolute Gasteiger partial charge is 0.481 e. The second kappa shape index (κ2) is 11.0. The normalized spacial score (nSPS) is 18.0. The number of nitrogens with zero attached hydrogens (tertiary/aromatic N) is 4. The highest BCUT2D eigenvalue weighted by Gasteiger charge is 2.33. The van der Waals surface area contributed by atoms with Gasteiger partial charge in [0, 0.05) is 38.2 Å². The van der Waals surface area contributed by atoms with E-state index in [4.69, 9.17) is 17.3 Å². The van der Waals surface area contributed by atoms with Gasteiger partial charge in [-0.05, 0) is 44.7 Å². The lowest BCUT2D eigenvalue weighted by atomic mass is 10.0. The Morgan fingerprint density at radius 1 is 1.24 bits per heavy atom. The Kier molecular flexibility index (Phi) is 8.32. The van der Waals surface area contributed by atoms with Gasteiger partial charge < -0.3 is 10.0 Å².